The van der Waals surface area contributed by atoms with Crippen LogP contribution in [0.2, 0.25) is 0 Å². The standard InChI is InChI=1S/C13H13NO4/c1-18-7-6-9-8-10(15)2-3-11(9)14-12(16)4-5-13(14)17/h2-5,8,15H,6-7H2,1H3. The number of phenolic OH excluding ortho intramolecular Hbond substituents is 1. The Kier molecular flexibility index (Phi) is 3.43. The van der Waals surface area contributed by atoms with Gasteiger partial charge in [0.25, 0.3) is 11.8 Å². The Morgan fingerprint density at radius 2 is 1.89 bits per heavy atom. The minimum atomic E-state index is -0.371. The Balaban J connectivity index is 2.37. The minimum Gasteiger partial charge on any atom is -0.508 e. The average Bonchev–Trinajstić information content (AvgIpc) is 2.67. The second-order valence-corrected chi connectivity index (χ2v) is 3.90. The normalized spacial score (nSPS) is 14.6. The van der Waals surface area contributed by atoms with Crippen LogP contribution in [0.1, 0.15) is 5.56 Å². The number of hydrogen-bond donors (Lipinski definition) is 1. The minimum absolute atomic E-state index is 0.0944. The number of rotatable bonds is 4. The lowest BCUT2D eigenvalue weighted by molar-refractivity contribution is -0.120. The Bertz CT molecular complexity index is 504. The van der Waals surface area contributed by atoms with Crippen LogP contribution < -0.4 is 4.90 Å². The van der Waals surface area contributed by atoms with Gasteiger partial charge in [-0.3, -0.25) is 9.59 Å². The van der Waals surface area contributed by atoms with Crippen molar-refractivity contribution in [3.63, 3.8) is 0 Å². The molecule has 1 aromatic rings. The third kappa shape index (κ3) is 2.26. The molecule has 0 radical (unpaired) electrons. The fourth-order valence-electron chi connectivity index (χ4n) is 1.84. The van der Waals surface area contributed by atoms with Crippen molar-refractivity contribution < 1.29 is 19.4 Å². The van der Waals surface area contributed by atoms with E-state index in [0.29, 0.717) is 24.3 Å². The summed E-state index contributed by atoms with van der Waals surface area (Å²) in [5.41, 5.74) is 1.19. The van der Waals surface area contributed by atoms with E-state index in [9.17, 15) is 14.7 Å². The first kappa shape index (κ1) is 12.3. The first-order valence-corrected chi connectivity index (χ1v) is 5.50. The van der Waals surface area contributed by atoms with Gasteiger partial charge in [-0.05, 0) is 30.2 Å². The quantitative estimate of drug-likeness (QED) is 0.806. The largest absolute Gasteiger partial charge is 0.508 e. The third-order valence-corrected chi connectivity index (χ3v) is 2.69. The van der Waals surface area contributed by atoms with Gasteiger partial charge in [0.1, 0.15) is 5.75 Å². The summed E-state index contributed by atoms with van der Waals surface area (Å²) in [7, 11) is 1.57. The monoisotopic (exact) mass is 247 g/mol. The maximum Gasteiger partial charge on any atom is 0.258 e. The van der Waals surface area contributed by atoms with Crippen LogP contribution in [-0.4, -0.2) is 30.6 Å². The van der Waals surface area contributed by atoms with Gasteiger partial charge in [0.15, 0.2) is 0 Å². The molecule has 1 aliphatic heterocycles. The lowest BCUT2D eigenvalue weighted by Crippen LogP contribution is -2.30. The van der Waals surface area contributed by atoms with Gasteiger partial charge in [-0.1, -0.05) is 0 Å². The molecular weight excluding hydrogens is 234 g/mol. The Morgan fingerprint density at radius 3 is 2.50 bits per heavy atom. The molecule has 0 bridgehead atoms. The molecule has 18 heavy (non-hydrogen) atoms. The Hall–Kier alpha value is -2.14. The molecule has 1 N–H and O–H groups in total. The van der Waals surface area contributed by atoms with Crippen molar-refractivity contribution in [1.82, 2.24) is 0 Å². The summed E-state index contributed by atoms with van der Waals surface area (Å²) in [5.74, 6) is -0.648. The van der Waals surface area contributed by atoms with Crippen molar-refractivity contribution in [1.29, 1.82) is 0 Å². The Labute approximate surface area is 104 Å². The molecule has 0 spiro atoms. The summed E-state index contributed by atoms with van der Waals surface area (Å²) in [6.07, 6.45) is 2.97. The van der Waals surface area contributed by atoms with E-state index in [1.165, 1.54) is 24.3 Å². The summed E-state index contributed by atoms with van der Waals surface area (Å²) >= 11 is 0. The number of hydrogen-bond acceptors (Lipinski definition) is 4. The predicted octanol–water partition coefficient (Wildman–Crippen LogP) is 1.01. The number of anilines is 1. The van der Waals surface area contributed by atoms with E-state index in [-0.39, 0.29) is 17.6 Å². The van der Waals surface area contributed by atoms with Crippen LogP contribution in [0.15, 0.2) is 30.4 Å². The van der Waals surface area contributed by atoms with Crippen molar-refractivity contribution in [2.45, 2.75) is 6.42 Å². The highest BCUT2D eigenvalue weighted by Gasteiger charge is 2.27. The molecular formula is C13H13NO4. The molecule has 0 unspecified atom stereocenters. The highest BCUT2D eigenvalue weighted by molar-refractivity contribution is 6.28. The molecule has 0 fully saturated rings. The van der Waals surface area contributed by atoms with Crippen molar-refractivity contribution in [2.75, 3.05) is 18.6 Å². The molecule has 1 aromatic carbocycles. The van der Waals surface area contributed by atoms with E-state index in [2.05, 4.69) is 0 Å². The van der Waals surface area contributed by atoms with Gasteiger partial charge in [-0.2, -0.15) is 0 Å². The van der Waals surface area contributed by atoms with Crippen LogP contribution in [0.5, 0.6) is 5.75 Å². The van der Waals surface area contributed by atoms with E-state index >= 15 is 0 Å². The van der Waals surface area contributed by atoms with Gasteiger partial charge in [-0.25, -0.2) is 4.90 Å². The molecule has 0 atom stereocenters. The van der Waals surface area contributed by atoms with E-state index in [4.69, 9.17) is 4.74 Å². The number of amides is 2. The molecule has 2 amide bonds. The zero-order chi connectivity index (χ0) is 13.1. The number of carbonyl (C=O) groups excluding carboxylic acids is 2. The topological polar surface area (TPSA) is 66.8 Å². The van der Waals surface area contributed by atoms with Crippen LogP contribution in [-0.2, 0) is 20.7 Å². The number of benzene rings is 1. The molecule has 5 heteroatoms. The molecule has 94 valence electrons. The second-order valence-electron chi connectivity index (χ2n) is 3.90. The van der Waals surface area contributed by atoms with Crippen molar-refractivity contribution in [2.24, 2.45) is 0 Å². The van der Waals surface area contributed by atoms with Gasteiger partial charge >= 0.3 is 0 Å². The maximum absolute atomic E-state index is 11.6. The first-order chi connectivity index (χ1) is 8.63. The van der Waals surface area contributed by atoms with Crippen LogP contribution in [0.25, 0.3) is 0 Å². The van der Waals surface area contributed by atoms with E-state index in [1.807, 2.05) is 0 Å². The number of carbonyl (C=O) groups is 2. The van der Waals surface area contributed by atoms with Gasteiger partial charge < -0.3 is 9.84 Å². The highest BCUT2D eigenvalue weighted by Crippen LogP contribution is 2.27. The zero-order valence-corrected chi connectivity index (χ0v) is 9.92. The molecule has 0 aromatic heterocycles. The summed E-state index contributed by atoms with van der Waals surface area (Å²) in [5, 5.41) is 9.47. The van der Waals surface area contributed by atoms with E-state index in [1.54, 1.807) is 13.2 Å². The molecule has 0 saturated heterocycles. The molecule has 0 saturated carbocycles. The van der Waals surface area contributed by atoms with Crippen LogP contribution in [0.3, 0.4) is 0 Å². The number of imide groups is 1. The summed E-state index contributed by atoms with van der Waals surface area (Å²) in [6, 6.07) is 4.54. The fourth-order valence-corrected chi connectivity index (χ4v) is 1.84. The summed E-state index contributed by atoms with van der Waals surface area (Å²) in [4.78, 5) is 24.3. The number of phenols is 1. The predicted molar refractivity (Wildman–Crippen MR) is 65.3 cm³/mol. The number of aromatic hydroxyl groups is 1. The fraction of sp³-hybridized carbons (Fsp3) is 0.231. The van der Waals surface area contributed by atoms with Crippen molar-refractivity contribution in [3.8, 4) is 5.75 Å². The molecule has 2 rings (SSSR count). The molecule has 1 heterocycles. The van der Waals surface area contributed by atoms with Gasteiger partial charge in [-0.15, -0.1) is 0 Å². The average molecular weight is 247 g/mol. The van der Waals surface area contributed by atoms with Crippen LogP contribution in [0.4, 0.5) is 5.69 Å². The number of nitrogens with zero attached hydrogens (tertiary/aromatic N) is 1. The van der Waals surface area contributed by atoms with E-state index in [0.717, 1.165) is 4.90 Å². The van der Waals surface area contributed by atoms with Gasteiger partial charge in [0.2, 0.25) is 0 Å². The van der Waals surface area contributed by atoms with E-state index < -0.39 is 0 Å². The van der Waals surface area contributed by atoms with Crippen LogP contribution >= 0.6 is 0 Å². The highest BCUT2D eigenvalue weighted by atomic mass is 16.5. The summed E-state index contributed by atoms with van der Waals surface area (Å²) < 4.78 is 4.97. The van der Waals surface area contributed by atoms with Gasteiger partial charge in [0, 0.05) is 19.3 Å². The third-order valence-electron chi connectivity index (χ3n) is 2.69. The molecule has 0 aliphatic carbocycles. The van der Waals surface area contributed by atoms with Gasteiger partial charge in [0.05, 0.1) is 12.3 Å². The SMILES string of the molecule is COCCc1cc(O)ccc1N1C(=O)C=CC1=O. The van der Waals surface area contributed by atoms with Crippen molar-refractivity contribution in [3.05, 3.63) is 35.9 Å². The number of methoxy groups -OCH3 is 1. The smallest absolute Gasteiger partial charge is 0.258 e. The van der Waals surface area contributed by atoms with Crippen LogP contribution in [0, 0.1) is 0 Å². The molecule has 5 nitrogen and oxygen atoms in total. The Morgan fingerprint density at radius 1 is 1.22 bits per heavy atom. The zero-order valence-electron chi connectivity index (χ0n) is 9.92. The second kappa shape index (κ2) is 5.01. The molecule has 1 aliphatic rings. The first-order valence-electron chi connectivity index (χ1n) is 5.50. The van der Waals surface area contributed by atoms with Crippen molar-refractivity contribution >= 4 is 17.5 Å². The summed E-state index contributed by atoms with van der Waals surface area (Å²) in [6.45, 7) is 0.445. The maximum atomic E-state index is 11.6. The number of ether oxygens (including phenoxy) is 1. The lowest BCUT2D eigenvalue weighted by atomic mass is 10.1. The lowest BCUT2D eigenvalue weighted by Gasteiger charge is -2.18.